The van der Waals surface area contributed by atoms with Crippen molar-refractivity contribution in [3.05, 3.63) is 28.8 Å². The van der Waals surface area contributed by atoms with E-state index in [1.54, 1.807) is 23.1 Å². The molecule has 1 saturated heterocycles. The number of anilines is 1. The van der Waals surface area contributed by atoms with Crippen LogP contribution in [0.2, 0.25) is 5.02 Å². The first kappa shape index (κ1) is 16.1. The predicted octanol–water partition coefficient (Wildman–Crippen LogP) is 2.60. The average molecular weight is 305 g/mol. The fourth-order valence-corrected chi connectivity index (χ4v) is 2.32. The molecule has 2 rings (SSSR count). The SMILES string of the molecule is CC1CN(C(=O)c2ccc(N)cc2Cl)CCCO1.Cl. The topological polar surface area (TPSA) is 55.6 Å². The van der Waals surface area contributed by atoms with Crippen LogP contribution in [0.5, 0.6) is 0 Å². The molecule has 1 aromatic rings. The molecule has 0 radical (unpaired) electrons. The molecule has 1 aliphatic rings. The van der Waals surface area contributed by atoms with Crippen molar-refractivity contribution in [2.45, 2.75) is 19.4 Å². The smallest absolute Gasteiger partial charge is 0.255 e. The van der Waals surface area contributed by atoms with Crippen LogP contribution in [0.3, 0.4) is 0 Å². The second-order valence-electron chi connectivity index (χ2n) is 4.53. The predicted molar refractivity (Wildman–Crippen MR) is 79.0 cm³/mol. The van der Waals surface area contributed by atoms with Gasteiger partial charge >= 0.3 is 0 Å². The molecular formula is C13H18Cl2N2O2. The lowest BCUT2D eigenvalue weighted by Crippen LogP contribution is -2.36. The monoisotopic (exact) mass is 304 g/mol. The van der Waals surface area contributed by atoms with E-state index in [0.717, 1.165) is 6.42 Å². The molecule has 0 saturated carbocycles. The van der Waals surface area contributed by atoms with Gasteiger partial charge in [0.15, 0.2) is 0 Å². The highest BCUT2D eigenvalue weighted by molar-refractivity contribution is 6.34. The van der Waals surface area contributed by atoms with Gasteiger partial charge in [-0.15, -0.1) is 12.4 Å². The maximum atomic E-state index is 12.4. The van der Waals surface area contributed by atoms with Crippen molar-refractivity contribution in [2.75, 3.05) is 25.4 Å². The fourth-order valence-electron chi connectivity index (χ4n) is 2.05. The largest absolute Gasteiger partial charge is 0.399 e. The maximum absolute atomic E-state index is 12.4. The molecular weight excluding hydrogens is 287 g/mol. The number of hydrogen-bond donors (Lipinski definition) is 1. The Kier molecular flexibility index (Phi) is 5.91. The number of carbonyl (C=O) groups excluding carboxylic acids is 1. The van der Waals surface area contributed by atoms with Gasteiger partial charge in [0.25, 0.3) is 5.91 Å². The summed E-state index contributed by atoms with van der Waals surface area (Å²) in [5.41, 5.74) is 6.68. The molecule has 1 unspecified atom stereocenters. The molecule has 0 aromatic heterocycles. The van der Waals surface area contributed by atoms with Crippen LogP contribution in [0.1, 0.15) is 23.7 Å². The molecule has 106 valence electrons. The van der Waals surface area contributed by atoms with E-state index in [4.69, 9.17) is 22.1 Å². The molecule has 1 aromatic carbocycles. The second-order valence-corrected chi connectivity index (χ2v) is 4.93. The normalized spacial score (nSPS) is 19.5. The Morgan fingerprint density at radius 3 is 2.95 bits per heavy atom. The number of ether oxygens (including phenoxy) is 1. The van der Waals surface area contributed by atoms with Crippen LogP contribution < -0.4 is 5.73 Å². The van der Waals surface area contributed by atoms with Crippen LogP contribution in [0.4, 0.5) is 5.69 Å². The van der Waals surface area contributed by atoms with Gasteiger partial charge in [0, 0.05) is 25.4 Å². The van der Waals surface area contributed by atoms with E-state index in [-0.39, 0.29) is 24.4 Å². The zero-order chi connectivity index (χ0) is 13.1. The summed E-state index contributed by atoms with van der Waals surface area (Å²) in [6.07, 6.45) is 0.909. The lowest BCUT2D eigenvalue weighted by Gasteiger charge is -2.22. The van der Waals surface area contributed by atoms with E-state index in [0.29, 0.717) is 36.0 Å². The Morgan fingerprint density at radius 2 is 2.26 bits per heavy atom. The molecule has 19 heavy (non-hydrogen) atoms. The third kappa shape index (κ3) is 4.00. The molecule has 1 aliphatic heterocycles. The van der Waals surface area contributed by atoms with Crippen molar-refractivity contribution in [2.24, 2.45) is 0 Å². The second kappa shape index (κ2) is 6.98. The van der Waals surface area contributed by atoms with Crippen LogP contribution in [0.15, 0.2) is 18.2 Å². The Bertz CT molecular complexity index is 454. The molecule has 2 N–H and O–H groups in total. The summed E-state index contributed by atoms with van der Waals surface area (Å²) in [7, 11) is 0. The number of hydrogen-bond acceptors (Lipinski definition) is 3. The Balaban J connectivity index is 0.00000180. The summed E-state index contributed by atoms with van der Waals surface area (Å²) in [5, 5.41) is 0.401. The van der Waals surface area contributed by atoms with E-state index in [1.807, 2.05) is 6.92 Å². The van der Waals surface area contributed by atoms with Crippen molar-refractivity contribution in [3.8, 4) is 0 Å². The molecule has 0 spiro atoms. The van der Waals surface area contributed by atoms with Crippen LogP contribution in [0, 0.1) is 0 Å². The molecule has 1 amide bonds. The summed E-state index contributed by atoms with van der Waals surface area (Å²) in [4.78, 5) is 14.2. The Morgan fingerprint density at radius 1 is 1.53 bits per heavy atom. The average Bonchev–Trinajstić information content (AvgIpc) is 2.53. The molecule has 1 fully saturated rings. The lowest BCUT2D eigenvalue weighted by molar-refractivity contribution is 0.0563. The van der Waals surface area contributed by atoms with E-state index < -0.39 is 0 Å². The summed E-state index contributed by atoms with van der Waals surface area (Å²) >= 11 is 6.06. The number of benzene rings is 1. The van der Waals surface area contributed by atoms with E-state index in [1.165, 1.54) is 0 Å². The minimum absolute atomic E-state index is 0. The van der Waals surface area contributed by atoms with Crippen molar-refractivity contribution < 1.29 is 9.53 Å². The zero-order valence-corrected chi connectivity index (χ0v) is 12.3. The number of nitrogens with zero attached hydrogens (tertiary/aromatic N) is 1. The number of halogens is 2. The van der Waals surface area contributed by atoms with Crippen LogP contribution in [0.25, 0.3) is 0 Å². The van der Waals surface area contributed by atoms with Gasteiger partial charge in [0.2, 0.25) is 0 Å². The number of amides is 1. The minimum atomic E-state index is -0.0580. The maximum Gasteiger partial charge on any atom is 0.255 e. The van der Waals surface area contributed by atoms with E-state index in [9.17, 15) is 4.79 Å². The van der Waals surface area contributed by atoms with Gasteiger partial charge < -0.3 is 15.4 Å². The van der Waals surface area contributed by atoms with Crippen molar-refractivity contribution in [3.63, 3.8) is 0 Å². The Hall–Kier alpha value is -0.970. The van der Waals surface area contributed by atoms with Crippen LogP contribution >= 0.6 is 24.0 Å². The van der Waals surface area contributed by atoms with E-state index in [2.05, 4.69) is 0 Å². The third-order valence-corrected chi connectivity index (χ3v) is 3.28. The van der Waals surface area contributed by atoms with Gasteiger partial charge in [0.1, 0.15) is 0 Å². The van der Waals surface area contributed by atoms with Crippen molar-refractivity contribution >= 4 is 35.6 Å². The highest BCUT2D eigenvalue weighted by Crippen LogP contribution is 2.21. The van der Waals surface area contributed by atoms with Gasteiger partial charge in [-0.2, -0.15) is 0 Å². The van der Waals surface area contributed by atoms with Crippen LogP contribution in [-0.4, -0.2) is 36.6 Å². The first-order valence-electron chi connectivity index (χ1n) is 6.04. The summed E-state index contributed by atoms with van der Waals surface area (Å²) in [6, 6.07) is 4.97. The van der Waals surface area contributed by atoms with Gasteiger partial charge in [-0.3, -0.25) is 4.79 Å². The fraction of sp³-hybridized carbons (Fsp3) is 0.462. The Labute approximate surface area is 124 Å². The quantitative estimate of drug-likeness (QED) is 0.811. The van der Waals surface area contributed by atoms with Crippen molar-refractivity contribution in [1.82, 2.24) is 4.90 Å². The van der Waals surface area contributed by atoms with Gasteiger partial charge in [0.05, 0.1) is 16.7 Å². The van der Waals surface area contributed by atoms with E-state index >= 15 is 0 Å². The molecule has 4 nitrogen and oxygen atoms in total. The number of nitrogens with two attached hydrogens (primary N) is 1. The number of carbonyl (C=O) groups is 1. The summed E-state index contributed by atoms with van der Waals surface area (Å²) < 4.78 is 5.52. The number of rotatable bonds is 1. The molecule has 1 heterocycles. The number of nitrogen functional groups attached to an aromatic ring is 1. The third-order valence-electron chi connectivity index (χ3n) is 2.96. The van der Waals surface area contributed by atoms with Gasteiger partial charge in [-0.05, 0) is 31.5 Å². The summed E-state index contributed by atoms with van der Waals surface area (Å²) in [5.74, 6) is -0.0580. The highest BCUT2D eigenvalue weighted by atomic mass is 35.5. The van der Waals surface area contributed by atoms with Gasteiger partial charge in [-0.25, -0.2) is 0 Å². The first-order valence-corrected chi connectivity index (χ1v) is 6.41. The zero-order valence-electron chi connectivity index (χ0n) is 10.8. The van der Waals surface area contributed by atoms with Crippen LogP contribution in [-0.2, 0) is 4.74 Å². The molecule has 1 atom stereocenters. The minimum Gasteiger partial charge on any atom is -0.399 e. The molecule has 0 aliphatic carbocycles. The highest BCUT2D eigenvalue weighted by Gasteiger charge is 2.22. The molecule has 0 bridgehead atoms. The summed E-state index contributed by atoms with van der Waals surface area (Å²) in [6.45, 7) is 3.96. The lowest BCUT2D eigenvalue weighted by atomic mass is 10.1. The standard InChI is InChI=1S/C13H17ClN2O2.ClH/c1-9-8-16(5-2-6-18-9)13(17)11-4-3-10(15)7-12(11)14;/h3-4,7,9H,2,5-6,8,15H2,1H3;1H. The first-order chi connectivity index (χ1) is 8.58. The van der Waals surface area contributed by atoms with Gasteiger partial charge in [-0.1, -0.05) is 11.6 Å². The molecule has 6 heteroatoms. The van der Waals surface area contributed by atoms with Crippen molar-refractivity contribution in [1.29, 1.82) is 0 Å².